The average Bonchev–Trinajstić information content (AvgIpc) is 2.90. The Morgan fingerprint density at radius 1 is 1.45 bits per heavy atom. The number of pyridine rings is 1. The number of nitrogens with zero attached hydrogens (tertiary/aromatic N) is 2. The quantitative estimate of drug-likeness (QED) is 0.844. The van der Waals surface area contributed by atoms with E-state index in [1.54, 1.807) is 24.5 Å². The number of aromatic nitrogens is 1. The van der Waals surface area contributed by atoms with Crippen molar-refractivity contribution in [2.45, 2.75) is 10.8 Å². The third-order valence-electron chi connectivity index (χ3n) is 2.62. The van der Waals surface area contributed by atoms with Crippen LogP contribution in [-0.4, -0.2) is 29.7 Å². The Morgan fingerprint density at radius 2 is 2.20 bits per heavy atom. The maximum atomic E-state index is 12.4. The number of sulfonamides is 1. The van der Waals surface area contributed by atoms with Crippen LogP contribution in [0.4, 0.5) is 0 Å². The molecule has 0 bridgehead atoms. The van der Waals surface area contributed by atoms with Gasteiger partial charge < -0.3 is 5.73 Å². The van der Waals surface area contributed by atoms with Gasteiger partial charge in [0.15, 0.2) is 0 Å². The van der Waals surface area contributed by atoms with Crippen molar-refractivity contribution in [1.82, 2.24) is 9.29 Å². The van der Waals surface area contributed by atoms with Crippen LogP contribution >= 0.6 is 23.6 Å². The largest absolute Gasteiger partial charge is 0.389 e. The summed E-state index contributed by atoms with van der Waals surface area (Å²) in [6.45, 7) is 0.260. The summed E-state index contributed by atoms with van der Waals surface area (Å²) < 4.78 is 26.3. The van der Waals surface area contributed by atoms with Crippen LogP contribution in [0.3, 0.4) is 0 Å². The van der Waals surface area contributed by atoms with E-state index in [1.807, 2.05) is 6.07 Å². The predicted octanol–water partition coefficient (Wildman–Crippen LogP) is 1.60. The molecule has 106 valence electrons. The number of thiocarbonyl (C=S) groups is 1. The van der Waals surface area contributed by atoms with Gasteiger partial charge in [-0.3, -0.25) is 4.98 Å². The Labute approximate surface area is 127 Å². The number of hydrogen-bond donors (Lipinski definition) is 1. The Kier molecular flexibility index (Phi) is 4.48. The second kappa shape index (κ2) is 5.96. The van der Waals surface area contributed by atoms with Gasteiger partial charge in [0, 0.05) is 26.0 Å². The molecule has 2 rings (SSSR count). The monoisotopic (exact) mass is 327 g/mol. The molecular formula is C12H13N3O2S3. The van der Waals surface area contributed by atoms with Crippen LogP contribution in [0.5, 0.6) is 0 Å². The summed E-state index contributed by atoms with van der Waals surface area (Å²) in [5.41, 5.74) is 6.32. The molecule has 2 aromatic heterocycles. The number of nitrogens with two attached hydrogens (primary N) is 1. The summed E-state index contributed by atoms with van der Waals surface area (Å²) in [5, 5.41) is 0. The third kappa shape index (κ3) is 3.21. The molecule has 2 N–H and O–H groups in total. The van der Waals surface area contributed by atoms with Crippen LogP contribution in [0.15, 0.2) is 40.9 Å². The van der Waals surface area contributed by atoms with Crippen LogP contribution in [0.1, 0.15) is 10.4 Å². The molecule has 0 radical (unpaired) electrons. The van der Waals surface area contributed by atoms with Gasteiger partial charge in [0.25, 0.3) is 10.0 Å². The lowest BCUT2D eigenvalue weighted by molar-refractivity contribution is 0.468. The van der Waals surface area contributed by atoms with Crippen molar-refractivity contribution in [2.24, 2.45) is 5.73 Å². The average molecular weight is 327 g/mol. The van der Waals surface area contributed by atoms with E-state index in [0.29, 0.717) is 4.88 Å². The Bertz CT molecular complexity index is 711. The molecule has 0 atom stereocenters. The fraction of sp³-hybridized carbons (Fsp3) is 0.167. The van der Waals surface area contributed by atoms with E-state index in [2.05, 4.69) is 4.98 Å². The van der Waals surface area contributed by atoms with Crippen molar-refractivity contribution in [2.75, 3.05) is 7.05 Å². The van der Waals surface area contributed by atoms with Crippen LogP contribution in [0.2, 0.25) is 0 Å². The zero-order valence-corrected chi connectivity index (χ0v) is 13.1. The lowest BCUT2D eigenvalue weighted by Gasteiger charge is -2.15. The number of thiophene rings is 1. The molecule has 2 heterocycles. The molecular weight excluding hydrogens is 314 g/mol. The molecule has 0 saturated heterocycles. The molecule has 0 aliphatic heterocycles. The fourth-order valence-electron chi connectivity index (χ4n) is 1.58. The molecule has 0 aromatic carbocycles. The van der Waals surface area contributed by atoms with E-state index in [4.69, 9.17) is 18.0 Å². The molecule has 5 nitrogen and oxygen atoms in total. The van der Waals surface area contributed by atoms with Crippen molar-refractivity contribution in [1.29, 1.82) is 0 Å². The Hall–Kier alpha value is -1.35. The zero-order chi connectivity index (χ0) is 14.8. The van der Waals surface area contributed by atoms with E-state index in [-0.39, 0.29) is 15.7 Å². The maximum absolute atomic E-state index is 12.4. The van der Waals surface area contributed by atoms with Gasteiger partial charge in [0.1, 0.15) is 9.20 Å². The lowest BCUT2D eigenvalue weighted by atomic mass is 10.3. The lowest BCUT2D eigenvalue weighted by Crippen LogP contribution is -2.25. The number of rotatable bonds is 5. The van der Waals surface area contributed by atoms with Gasteiger partial charge in [-0.1, -0.05) is 18.3 Å². The predicted molar refractivity (Wildman–Crippen MR) is 83.1 cm³/mol. The molecule has 0 saturated carbocycles. The Balaban J connectivity index is 2.23. The van der Waals surface area contributed by atoms with E-state index in [0.717, 1.165) is 16.9 Å². The van der Waals surface area contributed by atoms with Crippen molar-refractivity contribution in [3.8, 4) is 0 Å². The summed E-state index contributed by atoms with van der Waals surface area (Å²) in [6.07, 6.45) is 3.28. The zero-order valence-electron chi connectivity index (χ0n) is 10.7. The van der Waals surface area contributed by atoms with Crippen LogP contribution in [0.25, 0.3) is 0 Å². The molecule has 0 amide bonds. The van der Waals surface area contributed by atoms with Gasteiger partial charge in [-0.15, -0.1) is 11.3 Å². The van der Waals surface area contributed by atoms with E-state index >= 15 is 0 Å². The first kappa shape index (κ1) is 15.0. The van der Waals surface area contributed by atoms with E-state index in [1.165, 1.54) is 17.4 Å². The second-order valence-corrected chi connectivity index (χ2v) is 7.90. The molecule has 20 heavy (non-hydrogen) atoms. The minimum absolute atomic E-state index is 0.200. The van der Waals surface area contributed by atoms with Crippen molar-refractivity contribution < 1.29 is 8.42 Å². The summed E-state index contributed by atoms with van der Waals surface area (Å²) >= 11 is 5.92. The highest BCUT2D eigenvalue weighted by Crippen LogP contribution is 2.25. The summed E-state index contributed by atoms with van der Waals surface area (Å²) in [7, 11) is -2.01. The van der Waals surface area contributed by atoms with Gasteiger partial charge in [0.2, 0.25) is 0 Å². The molecule has 0 spiro atoms. The summed E-state index contributed by atoms with van der Waals surface area (Å²) in [6, 6.07) is 6.74. The maximum Gasteiger partial charge on any atom is 0.252 e. The van der Waals surface area contributed by atoms with E-state index in [9.17, 15) is 8.42 Å². The highest BCUT2D eigenvalue weighted by atomic mass is 32.2. The SMILES string of the molecule is CN(Cc1cccnc1)S(=O)(=O)c1ccc(C(N)=S)s1. The second-order valence-electron chi connectivity index (χ2n) is 4.11. The van der Waals surface area contributed by atoms with Crippen LogP contribution < -0.4 is 5.73 Å². The highest BCUT2D eigenvalue weighted by molar-refractivity contribution is 7.91. The van der Waals surface area contributed by atoms with Crippen molar-refractivity contribution >= 4 is 38.6 Å². The molecule has 0 aliphatic carbocycles. The topological polar surface area (TPSA) is 76.3 Å². The molecule has 0 unspecified atom stereocenters. The van der Waals surface area contributed by atoms with Crippen molar-refractivity contribution in [3.05, 3.63) is 47.1 Å². The standard InChI is InChI=1S/C12H13N3O2S3/c1-15(8-9-3-2-6-14-7-9)20(16,17)11-5-4-10(19-11)12(13)18/h2-7H,8H2,1H3,(H2,13,18). The summed E-state index contributed by atoms with van der Waals surface area (Å²) in [4.78, 5) is 4.76. The van der Waals surface area contributed by atoms with Crippen molar-refractivity contribution in [3.63, 3.8) is 0 Å². The molecule has 2 aromatic rings. The van der Waals surface area contributed by atoms with Crippen LogP contribution in [-0.2, 0) is 16.6 Å². The first-order valence-corrected chi connectivity index (χ1v) is 8.32. The van der Waals surface area contributed by atoms with Gasteiger partial charge in [-0.05, 0) is 23.8 Å². The third-order valence-corrected chi connectivity index (χ3v) is 6.36. The van der Waals surface area contributed by atoms with Crippen LogP contribution in [0, 0.1) is 0 Å². The smallest absolute Gasteiger partial charge is 0.252 e. The van der Waals surface area contributed by atoms with Gasteiger partial charge in [-0.2, -0.15) is 4.31 Å². The van der Waals surface area contributed by atoms with Gasteiger partial charge >= 0.3 is 0 Å². The fourth-order valence-corrected chi connectivity index (χ4v) is 4.30. The highest BCUT2D eigenvalue weighted by Gasteiger charge is 2.23. The first-order valence-electron chi connectivity index (χ1n) is 5.66. The van der Waals surface area contributed by atoms with Gasteiger partial charge in [0.05, 0.1) is 4.88 Å². The summed E-state index contributed by atoms with van der Waals surface area (Å²) in [5.74, 6) is 0. The first-order chi connectivity index (χ1) is 9.41. The van der Waals surface area contributed by atoms with E-state index < -0.39 is 10.0 Å². The Morgan fingerprint density at radius 3 is 2.75 bits per heavy atom. The molecule has 0 fully saturated rings. The number of hydrogen-bond acceptors (Lipinski definition) is 5. The normalized spacial score (nSPS) is 11.7. The molecule has 0 aliphatic rings. The molecule has 8 heteroatoms. The van der Waals surface area contributed by atoms with Gasteiger partial charge in [-0.25, -0.2) is 8.42 Å². The minimum atomic E-state index is -3.54. The minimum Gasteiger partial charge on any atom is -0.389 e.